The lowest BCUT2D eigenvalue weighted by molar-refractivity contribution is 0.202. The highest BCUT2D eigenvalue weighted by atomic mass is 35.5. The second-order valence-corrected chi connectivity index (χ2v) is 8.34. The predicted molar refractivity (Wildman–Crippen MR) is 73.9 cm³/mol. The summed E-state index contributed by atoms with van der Waals surface area (Å²) in [4.78, 5) is 0. The van der Waals surface area contributed by atoms with Crippen LogP contribution in [0.2, 0.25) is 0 Å². The van der Waals surface area contributed by atoms with E-state index < -0.39 is 17.8 Å². The summed E-state index contributed by atoms with van der Waals surface area (Å²) in [5.74, 6) is 0.381. The summed E-state index contributed by atoms with van der Waals surface area (Å²) in [7, 11) is -6.45. The van der Waals surface area contributed by atoms with Crippen molar-refractivity contribution in [1.82, 2.24) is 9.76 Å². The second-order valence-electron chi connectivity index (χ2n) is 4.14. The highest BCUT2D eigenvalue weighted by molar-refractivity contribution is 7.85. The lowest BCUT2D eigenvalue weighted by Crippen LogP contribution is -2.36. The Labute approximate surface area is 119 Å². The van der Waals surface area contributed by atoms with Gasteiger partial charge in [-0.3, -0.25) is 8.75 Å². The van der Waals surface area contributed by atoms with Crippen LogP contribution < -0.4 is 5.09 Å². The highest BCUT2D eigenvalue weighted by Crippen LogP contribution is 2.48. The van der Waals surface area contributed by atoms with Gasteiger partial charge in [0.2, 0.25) is 0 Å². The fourth-order valence-electron chi connectivity index (χ4n) is 1.64. The Bertz CT molecular complexity index is 417. The van der Waals surface area contributed by atoms with Crippen LogP contribution in [0.4, 0.5) is 0 Å². The van der Waals surface area contributed by atoms with Crippen LogP contribution in [-0.2, 0) is 23.4 Å². The topological polar surface area (TPSA) is 84.9 Å². The Balaban J connectivity index is 2.34. The molecule has 0 saturated carbocycles. The quantitative estimate of drug-likeness (QED) is 0.307. The van der Waals surface area contributed by atoms with Crippen LogP contribution in [0.3, 0.4) is 0 Å². The zero-order chi connectivity index (χ0) is 14.4. The molecule has 0 aromatic rings. The van der Waals surface area contributed by atoms with E-state index in [9.17, 15) is 13.0 Å². The minimum Gasteiger partial charge on any atom is -0.306 e. The molecular formula is C9H20ClN2O5PS. The number of nitrogens with one attached hydrogen (secondary N) is 1. The van der Waals surface area contributed by atoms with E-state index in [1.165, 1.54) is 0 Å². The van der Waals surface area contributed by atoms with E-state index in [4.69, 9.17) is 16.1 Å². The number of nitrogens with zero attached hydrogens (tertiary/aromatic N) is 1. The van der Waals surface area contributed by atoms with Gasteiger partial charge in [-0.25, -0.2) is 9.76 Å². The van der Waals surface area contributed by atoms with E-state index in [-0.39, 0.29) is 6.61 Å². The van der Waals surface area contributed by atoms with Crippen molar-refractivity contribution in [2.24, 2.45) is 0 Å². The molecule has 1 aliphatic heterocycles. The first-order chi connectivity index (χ1) is 8.87. The normalized spacial score (nSPS) is 25.6. The molecule has 0 aliphatic carbocycles. The first-order valence-electron chi connectivity index (χ1n) is 6.03. The molecule has 1 unspecified atom stereocenters. The van der Waals surface area contributed by atoms with Crippen molar-refractivity contribution < 1.29 is 21.7 Å². The van der Waals surface area contributed by atoms with Crippen LogP contribution in [0.1, 0.15) is 12.8 Å². The summed E-state index contributed by atoms with van der Waals surface area (Å²) in [6.07, 6.45) is 2.24. The van der Waals surface area contributed by atoms with Gasteiger partial charge >= 0.3 is 7.67 Å². The Morgan fingerprint density at radius 1 is 1.53 bits per heavy atom. The van der Waals surface area contributed by atoms with Gasteiger partial charge < -0.3 is 4.52 Å². The molecule has 0 aromatic carbocycles. The summed E-state index contributed by atoms with van der Waals surface area (Å²) < 4.78 is 45.6. The molecule has 1 fully saturated rings. The smallest absolute Gasteiger partial charge is 0.306 e. The Hall–Kier alpha value is 0.310. The largest absolute Gasteiger partial charge is 0.343 e. The Morgan fingerprint density at radius 2 is 2.26 bits per heavy atom. The average molecular weight is 335 g/mol. The van der Waals surface area contributed by atoms with Crippen LogP contribution in [-0.4, -0.2) is 58.1 Å². The van der Waals surface area contributed by atoms with Crippen molar-refractivity contribution in [3.05, 3.63) is 0 Å². The van der Waals surface area contributed by atoms with Gasteiger partial charge in [-0.15, -0.1) is 11.6 Å². The molecule has 10 heteroatoms. The third-order valence-corrected chi connectivity index (χ3v) is 5.54. The molecule has 114 valence electrons. The molecular weight excluding hydrogens is 315 g/mol. The van der Waals surface area contributed by atoms with Crippen molar-refractivity contribution in [2.45, 2.75) is 12.8 Å². The van der Waals surface area contributed by atoms with Crippen LogP contribution in [0.25, 0.3) is 0 Å². The maximum Gasteiger partial charge on any atom is 0.343 e. The van der Waals surface area contributed by atoms with Crippen molar-refractivity contribution in [2.75, 3.05) is 45.0 Å². The van der Waals surface area contributed by atoms with Gasteiger partial charge in [-0.1, -0.05) is 0 Å². The molecule has 0 amide bonds. The second kappa shape index (κ2) is 7.93. The molecule has 0 radical (unpaired) electrons. The Morgan fingerprint density at radius 3 is 2.89 bits per heavy atom. The molecule has 7 nitrogen and oxygen atoms in total. The third-order valence-electron chi connectivity index (χ3n) is 2.47. The summed E-state index contributed by atoms with van der Waals surface area (Å²) in [5.41, 5.74) is 0. The van der Waals surface area contributed by atoms with E-state index in [0.717, 1.165) is 12.7 Å². The van der Waals surface area contributed by atoms with Crippen LogP contribution in [0.5, 0.6) is 0 Å². The first kappa shape index (κ1) is 17.4. The zero-order valence-corrected chi connectivity index (χ0v) is 13.3. The van der Waals surface area contributed by atoms with Crippen LogP contribution >= 0.6 is 19.3 Å². The number of alkyl halides is 1. The monoisotopic (exact) mass is 334 g/mol. The molecule has 1 aliphatic rings. The molecule has 1 atom stereocenters. The van der Waals surface area contributed by atoms with Gasteiger partial charge in [-0.05, 0) is 12.8 Å². The van der Waals surface area contributed by atoms with E-state index in [1.54, 1.807) is 4.67 Å². The molecule has 1 heterocycles. The van der Waals surface area contributed by atoms with Crippen LogP contribution in [0.15, 0.2) is 0 Å². The van der Waals surface area contributed by atoms with E-state index in [1.807, 2.05) is 0 Å². The average Bonchev–Trinajstić information content (AvgIpc) is 2.31. The molecule has 1 saturated heterocycles. The minimum atomic E-state index is -3.42. The van der Waals surface area contributed by atoms with E-state index in [0.29, 0.717) is 38.5 Å². The molecule has 0 aromatic heterocycles. The number of rotatable bonds is 8. The Kier molecular flexibility index (Phi) is 7.24. The van der Waals surface area contributed by atoms with Crippen molar-refractivity contribution in [3.63, 3.8) is 0 Å². The fourth-order valence-corrected chi connectivity index (χ4v) is 4.42. The van der Waals surface area contributed by atoms with Gasteiger partial charge in [0.15, 0.2) is 0 Å². The van der Waals surface area contributed by atoms with Crippen molar-refractivity contribution >= 4 is 29.4 Å². The predicted octanol–water partition coefficient (Wildman–Crippen LogP) is 1.01. The number of hydrogen-bond acceptors (Lipinski definition) is 5. The molecule has 0 bridgehead atoms. The molecule has 0 spiro atoms. The lowest BCUT2D eigenvalue weighted by atomic mass is 10.4. The SMILES string of the molecule is CS(=O)(=O)OCCCNP1(=O)OCCCN1CCCl. The maximum atomic E-state index is 12.5. The number of halogens is 1. The number of hydrogen-bond donors (Lipinski definition) is 1. The van der Waals surface area contributed by atoms with Gasteiger partial charge in [0, 0.05) is 25.5 Å². The van der Waals surface area contributed by atoms with Crippen molar-refractivity contribution in [1.29, 1.82) is 0 Å². The third kappa shape index (κ3) is 6.53. The summed E-state index contributed by atoms with van der Waals surface area (Å²) in [5, 5.41) is 2.84. The fraction of sp³-hybridized carbons (Fsp3) is 1.00. The lowest BCUT2D eigenvalue weighted by Gasteiger charge is -2.34. The van der Waals surface area contributed by atoms with Crippen molar-refractivity contribution in [3.8, 4) is 0 Å². The summed E-state index contributed by atoms with van der Waals surface area (Å²) in [6, 6.07) is 0. The van der Waals surface area contributed by atoms with E-state index >= 15 is 0 Å². The molecule has 1 rings (SSSR count). The van der Waals surface area contributed by atoms with Gasteiger partial charge in [0.05, 0.1) is 19.5 Å². The van der Waals surface area contributed by atoms with E-state index in [2.05, 4.69) is 9.27 Å². The van der Waals surface area contributed by atoms with Gasteiger partial charge in [0.25, 0.3) is 10.1 Å². The summed E-state index contributed by atoms with van der Waals surface area (Å²) in [6.45, 7) is 2.03. The standard InChI is InChI=1S/C9H20ClN2O5PS/c1-19(14,15)17-9-2-5-11-18(13)12(7-4-10)6-3-8-16-18/h2-9H2,1H3,(H,11,13). The van der Waals surface area contributed by atoms with Gasteiger partial charge in [-0.2, -0.15) is 8.42 Å². The van der Waals surface area contributed by atoms with Gasteiger partial charge in [0.1, 0.15) is 0 Å². The first-order valence-corrected chi connectivity index (χ1v) is 9.96. The van der Waals surface area contributed by atoms with Crippen LogP contribution in [0, 0.1) is 0 Å². The summed E-state index contributed by atoms with van der Waals surface area (Å²) >= 11 is 5.66. The molecule has 19 heavy (non-hydrogen) atoms. The molecule has 1 N–H and O–H groups in total. The minimum absolute atomic E-state index is 0.0569. The maximum absolute atomic E-state index is 12.5. The zero-order valence-electron chi connectivity index (χ0n) is 10.9. The highest BCUT2D eigenvalue weighted by Gasteiger charge is 2.33.